The van der Waals surface area contributed by atoms with E-state index >= 15 is 0 Å². The van der Waals surface area contributed by atoms with Crippen LogP contribution in [0.1, 0.15) is 23.4 Å². The second kappa shape index (κ2) is 6.52. The van der Waals surface area contributed by atoms with E-state index in [4.69, 9.17) is 4.74 Å². The fourth-order valence-corrected chi connectivity index (χ4v) is 2.64. The van der Waals surface area contributed by atoms with Gasteiger partial charge in [-0.05, 0) is 36.1 Å². The molecule has 106 valence electrons. The van der Waals surface area contributed by atoms with Gasteiger partial charge in [-0.2, -0.15) is 0 Å². The van der Waals surface area contributed by atoms with Crippen molar-refractivity contribution in [3.8, 4) is 5.75 Å². The van der Waals surface area contributed by atoms with Crippen molar-refractivity contribution in [2.75, 3.05) is 7.11 Å². The molecule has 1 amide bonds. The molecule has 1 N–H and O–H groups in total. The van der Waals surface area contributed by atoms with Crippen LogP contribution in [0.25, 0.3) is 0 Å². The van der Waals surface area contributed by atoms with E-state index in [0.717, 1.165) is 4.88 Å². The van der Waals surface area contributed by atoms with Crippen molar-refractivity contribution in [2.24, 2.45) is 0 Å². The lowest BCUT2D eigenvalue weighted by Gasteiger charge is -2.12. The maximum absolute atomic E-state index is 13.5. The summed E-state index contributed by atoms with van der Waals surface area (Å²) in [4.78, 5) is 13.0. The average molecular weight is 293 g/mol. The van der Waals surface area contributed by atoms with Gasteiger partial charge in [0.05, 0.1) is 19.6 Å². The summed E-state index contributed by atoms with van der Waals surface area (Å²) in [6.07, 6.45) is 0.149. The molecule has 0 fully saturated rings. The lowest BCUT2D eigenvalue weighted by Crippen LogP contribution is -2.27. The fourth-order valence-electron chi connectivity index (χ4n) is 1.91. The molecule has 5 heteroatoms. The molecule has 0 aliphatic heterocycles. The Morgan fingerprint density at radius 1 is 1.45 bits per heavy atom. The van der Waals surface area contributed by atoms with Crippen LogP contribution >= 0.6 is 11.3 Å². The van der Waals surface area contributed by atoms with Crippen LogP contribution < -0.4 is 10.1 Å². The molecule has 20 heavy (non-hydrogen) atoms. The van der Waals surface area contributed by atoms with E-state index in [-0.39, 0.29) is 24.1 Å². The molecule has 0 saturated carbocycles. The second-order valence-corrected chi connectivity index (χ2v) is 5.43. The lowest BCUT2D eigenvalue weighted by molar-refractivity contribution is -0.121. The SMILES string of the molecule is COc1ccc(CC(=O)NC(C)c2cccs2)cc1F. The Morgan fingerprint density at radius 3 is 2.85 bits per heavy atom. The Labute approximate surface area is 121 Å². The van der Waals surface area contributed by atoms with Crippen molar-refractivity contribution >= 4 is 17.2 Å². The molecule has 0 radical (unpaired) electrons. The summed E-state index contributed by atoms with van der Waals surface area (Å²) in [6, 6.07) is 8.43. The molecule has 1 unspecified atom stereocenters. The van der Waals surface area contributed by atoms with Crippen LogP contribution in [0.15, 0.2) is 35.7 Å². The number of thiophene rings is 1. The van der Waals surface area contributed by atoms with Gasteiger partial charge in [0.2, 0.25) is 5.91 Å². The third-order valence-corrected chi connectivity index (χ3v) is 3.98. The quantitative estimate of drug-likeness (QED) is 0.918. The summed E-state index contributed by atoms with van der Waals surface area (Å²) in [5, 5.41) is 4.87. The van der Waals surface area contributed by atoms with Crippen molar-refractivity contribution in [1.29, 1.82) is 0 Å². The molecule has 3 nitrogen and oxygen atoms in total. The van der Waals surface area contributed by atoms with Crippen LogP contribution in [-0.4, -0.2) is 13.0 Å². The topological polar surface area (TPSA) is 38.3 Å². The number of methoxy groups -OCH3 is 1. The summed E-state index contributed by atoms with van der Waals surface area (Å²) >= 11 is 1.60. The Kier molecular flexibility index (Phi) is 4.74. The summed E-state index contributed by atoms with van der Waals surface area (Å²) < 4.78 is 18.4. The third-order valence-electron chi connectivity index (χ3n) is 2.93. The van der Waals surface area contributed by atoms with Gasteiger partial charge in [-0.15, -0.1) is 11.3 Å². The van der Waals surface area contributed by atoms with E-state index in [1.54, 1.807) is 17.4 Å². The maximum atomic E-state index is 13.5. The zero-order chi connectivity index (χ0) is 14.5. The lowest BCUT2D eigenvalue weighted by atomic mass is 10.1. The molecule has 1 heterocycles. The van der Waals surface area contributed by atoms with Crippen LogP contribution in [-0.2, 0) is 11.2 Å². The van der Waals surface area contributed by atoms with E-state index in [1.165, 1.54) is 19.2 Å². The van der Waals surface area contributed by atoms with Crippen LogP contribution in [0.4, 0.5) is 4.39 Å². The van der Waals surface area contributed by atoms with E-state index in [1.807, 2.05) is 24.4 Å². The zero-order valence-corrected chi connectivity index (χ0v) is 12.2. The maximum Gasteiger partial charge on any atom is 0.224 e. The highest BCUT2D eigenvalue weighted by Crippen LogP contribution is 2.20. The standard InChI is InChI=1S/C15H16FNO2S/c1-10(14-4-3-7-20-14)17-15(18)9-11-5-6-13(19-2)12(16)8-11/h3-8,10H,9H2,1-2H3,(H,17,18). The molecule has 0 spiro atoms. The van der Waals surface area contributed by atoms with Crippen LogP contribution in [0.5, 0.6) is 5.75 Å². The van der Waals surface area contributed by atoms with E-state index in [2.05, 4.69) is 5.32 Å². The summed E-state index contributed by atoms with van der Waals surface area (Å²) in [5.74, 6) is -0.402. The number of halogens is 1. The fraction of sp³-hybridized carbons (Fsp3) is 0.267. The Hall–Kier alpha value is -1.88. The van der Waals surface area contributed by atoms with Gasteiger partial charge in [0, 0.05) is 4.88 Å². The van der Waals surface area contributed by atoms with Gasteiger partial charge in [0.1, 0.15) is 0 Å². The minimum Gasteiger partial charge on any atom is -0.494 e. The molecule has 1 atom stereocenters. The number of carbonyl (C=O) groups is 1. The number of carbonyl (C=O) groups excluding carboxylic acids is 1. The first-order valence-corrected chi connectivity index (χ1v) is 7.13. The van der Waals surface area contributed by atoms with Crippen LogP contribution in [0, 0.1) is 5.82 Å². The van der Waals surface area contributed by atoms with Gasteiger partial charge < -0.3 is 10.1 Å². The highest BCUT2D eigenvalue weighted by Gasteiger charge is 2.12. The molecule has 0 saturated heterocycles. The first-order chi connectivity index (χ1) is 9.60. The number of amides is 1. The van der Waals surface area contributed by atoms with E-state index in [9.17, 15) is 9.18 Å². The predicted octanol–water partition coefficient (Wildman–Crippen LogP) is 3.32. The minimum absolute atomic E-state index is 0.0365. The number of benzene rings is 1. The van der Waals surface area contributed by atoms with Crippen LogP contribution in [0.3, 0.4) is 0 Å². The summed E-state index contributed by atoms with van der Waals surface area (Å²) in [5.41, 5.74) is 0.624. The van der Waals surface area contributed by atoms with Crippen molar-refractivity contribution in [2.45, 2.75) is 19.4 Å². The van der Waals surface area contributed by atoms with Crippen molar-refractivity contribution in [3.63, 3.8) is 0 Å². The molecule has 0 bridgehead atoms. The molecule has 2 aromatic rings. The van der Waals surface area contributed by atoms with Gasteiger partial charge in [0.15, 0.2) is 11.6 Å². The monoisotopic (exact) mass is 293 g/mol. The van der Waals surface area contributed by atoms with Crippen molar-refractivity contribution in [3.05, 3.63) is 52.0 Å². The highest BCUT2D eigenvalue weighted by molar-refractivity contribution is 7.10. The molecule has 0 aliphatic carbocycles. The molecular weight excluding hydrogens is 277 g/mol. The Balaban J connectivity index is 1.96. The summed E-state index contributed by atoms with van der Waals surface area (Å²) in [6.45, 7) is 1.93. The number of rotatable bonds is 5. The first kappa shape index (κ1) is 14.5. The first-order valence-electron chi connectivity index (χ1n) is 6.25. The minimum atomic E-state index is -0.455. The number of ether oxygens (including phenoxy) is 1. The van der Waals surface area contributed by atoms with E-state index < -0.39 is 5.82 Å². The molecule has 1 aromatic heterocycles. The van der Waals surface area contributed by atoms with Gasteiger partial charge in [-0.1, -0.05) is 12.1 Å². The van der Waals surface area contributed by atoms with Crippen LogP contribution in [0.2, 0.25) is 0 Å². The van der Waals surface area contributed by atoms with Gasteiger partial charge in [-0.3, -0.25) is 4.79 Å². The smallest absolute Gasteiger partial charge is 0.224 e. The Morgan fingerprint density at radius 2 is 2.25 bits per heavy atom. The van der Waals surface area contributed by atoms with Gasteiger partial charge >= 0.3 is 0 Å². The number of hydrogen-bond donors (Lipinski definition) is 1. The zero-order valence-electron chi connectivity index (χ0n) is 11.4. The molecule has 2 rings (SSSR count). The summed E-state index contributed by atoms with van der Waals surface area (Å²) in [7, 11) is 1.41. The van der Waals surface area contributed by atoms with Gasteiger partial charge in [-0.25, -0.2) is 4.39 Å². The van der Waals surface area contributed by atoms with Crippen molar-refractivity contribution < 1.29 is 13.9 Å². The number of nitrogens with one attached hydrogen (secondary N) is 1. The van der Waals surface area contributed by atoms with Gasteiger partial charge in [0.25, 0.3) is 0 Å². The second-order valence-electron chi connectivity index (χ2n) is 4.45. The van der Waals surface area contributed by atoms with E-state index in [0.29, 0.717) is 5.56 Å². The third kappa shape index (κ3) is 3.57. The Bertz CT molecular complexity index is 584. The molecule has 1 aromatic carbocycles. The molecule has 0 aliphatic rings. The normalized spacial score (nSPS) is 11.9. The highest BCUT2D eigenvalue weighted by atomic mass is 32.1. The van der Waals surface area contributed by atoms with Crippen molar-refractivity contribution in [1.82, 2.24) is 5.32 Å². The number of hydrogen-bond acceptors (Lipinski definition) is 3. The molecular formula is C15H16FNO2S. The predicted molar refractivity (Wildman–Crippen MR) is 77.5 cm³/mol. The average Bonchev–Trinajstić information content (AvgIpc) is 2.92. The largest absolute Gasteiger partial charge is 0.494 e.